The number of fused-ring (bicyclic) bond motifs is 2. The van der Waals surface area contributed by atoms with E-state index >= 15 is 0 Å². The summed E-state index contributed by atoms with van der Waals surface area (Å²) in [6.45, 7) is 6.08. The van der Waals surface area contributed by atoms with Crippen LogP contribution in [0.5, 0.6) is 0 Å². The van der Waals surface area contributed by atoms with Crippen LogP contribution in [0.3, 0.4) is 0 Å². The third-order valence-electron chi connectivity index (χ3n) is 5.51. The van der Waals surface area contributed by atoms with Crippen LogP contribution in [0.2, 0.25) is 0 Å². The van der Waals surface area contributed by atoms with E-state index < -0.39 is 11.5 Å². The van der Waals surface area contributed by atoms with E-state index in [0.29, 0.717) is 6.42 Å². The summed E-state index contributed by atoms with van der Waals surface area (Å²) >= 11 is 0. The average Bonchev–Trinajstić information content (AvgIpc) is 2.47. The molecule has 0 radical (unpaired) electrons. The average molecular weight is 213 g/mol. The zero-order chi connectivity index (χ0) is 11.5. The second kappa shape index (κ2) is 2.74. The molecular weight excluding hydrogens is 194 g/mol. The molecule has 0 saturated heterocycles. The Balaban J connectivity index is 2.49. The zero-order valence-corrected chi connectivity index (χ0v) is 9.50. The topological polar surface area (TPSA) is 69.6 Å². The van der Waals surface area contributed by atoms with Crippen LogP contribution in [0.25, 0.3) is 0 Å². The van der Waals surface area contributed by atoms with Gasteiger partial charge in [0.05, 0.1) is 11.5 Å². The van der Waals surface area contributed by atoms with Gasteiger partial charge in [-0.2, -0.15) is 0 Å². The van der Waals surface area contributed by atoms with Crippen molar-refractivity contribution in [2.45, 2.75) is 46.1 Å². The van der Waals surface area contributed by atoms with Crippen LogP contribution >= 0.6 is 0 Å². The fourth-order valence-corrected chi connectivity index (χ4v) is 3.74. The fraction of sp³-hybridized carbons (Fsp3) is 0.909. The summed E-state index contributed by atoms with van der Waals surface area (Å²) in [6, 6.07) is 0. The molecule has 4 heteroatoms. The third-order valence-corrected chi connectivity index (χ3v) is 5.51. The van der Waals surface area contributed by atoms with Crippen molar-refractivity contribution >= 4 is 5.91 Å². The Morgan fingerprint density at radius 3 is 2.27 bits per heavy atom. The summed E-state index contributed by atoms with van der Waals surface area (Å²) < 4.78 is 0. The minimum Gasteiger partial charge on any atom is -0.393 e. The largest absolute Gasteiger partial charge is 0.393 e. The van der Waals surface area contributed by atoms with Gasteiger partial charge in [0.15, 0.2) is 0 Å². The summed E-state index contributed by atoms with van der Waals surface area (Å²) in [6.07, 6.45) is 1.61. The molecule has 0 spiro atoms. The van der Waals surface area contributed by atoms with Crippen molar-refractivity contribution in [2.75, 3.05) is 0 Å². The molecule has 2 fully saturated rings. The summed E-state index contributed by atoms with van der Waals surface area (Å²) in [5, 5.41) is 18.9. The number of hydroxylamine groups is 1. The highest BCUT2D eigenvalue weighted by Gasteiger charge is 2.72. The van der Waals surface area contributed by atoms with Crippen LogP contribution in [0, 0.1) is 16.2 Å². The lowest BCUT2D eigenvalue weighted by Crippen LogP contribution is -2.45. The number of nitrogens with one attached hydrogen (secondary N) is 1. The number of carbonyl (C=O) groups is 1. The standard InChI is InChI=1S/C11H19NO3/c1-9(2)10(3)4-5-11(9,6-7(10)13)8(14)12-15/h7,13,15H,4-6H2,1-3H3,(H,12,14)/t7-,10-,11-/m0/s1. The highest BCUT2D eigenvalue weighted by molar-refractivity contribution is 5.84. The molecule has 0 aromatic rings. The van der Waals surface area contributed by atoms with Gasteiger partial charge in [-0.1, -0.05) is 20.8 Å². The quantitative estimate of drug-likeness (QED) is 0.451. The van der Waals surface area contributed by atoms with Crippen LogP contribution in [-0.4, -0.2) is 22.3 Å². The lowest BCUT2D eigenvalue weighted by Gasteiger charge is -2.39. The number of aliphatic hydroxyl groups excluding tert-OH is 1. The van der Waals surface area contributed by atoms with Gasteiger partial charge in [-0.05, 0) is 30.1 Å². The predicted octanol–water partition coefficient (Wildman–Crippen LogP) is 1.07. The number of aliphatic hydroxyl groups is 1. The van der Waals surface area contributed by atoms with Gasteiger partial charge in [-0.3, -0.25) is 10.0 Å². The minimum atomic E-state index is -0.601. The predicted molar refractivity (Wildman–Crippen MR) is 54.1 cm³/mol. The molecule has 86 valence electrons. The van der Waals surface area contributed by atoms with Crippen molar-refractivity contribution in [3.63, 3.8) is 0 Å². The Bertz CT molecular complexity index is 315. The fourth-order valence-electron chi connectivity index (χ4n) is 3.74. The molecule has 1 amide bonds. The normalized spacial score (nSPS) is 46.9. The molecule has 4 nitrogen and oxygen atoms in total. The van der Waals surface area contributed by atoms with Crippen molar-refractivity contribution < 1.29 is 15.1 Å². The van der Waals surface area contributed by atoms with E-state index in [4.69, 9.17) is 5.21 Å². The van der Waals surface area contributed by atoms with Crippen LogP contribution in [0.15, 0.2) is 0 Å². The highest BCUT2D eigenvalue weighted by Crippen LogP contribution is 2.72. The molecule has 0 heterocycles. The van der Waals surface area contributed by atoms with Gasteiger partial charge in [0, 0.05) is 0 Å². The molecular formula is C11H19NO3. The Labute approximate surface area is 89.6 Å². The van der Waals surface area contributed by atoms with E-state index in [9.17, 15) is 9.90 Å². The van der Waals surface area contributed by atoms with Gasteiger partial charge >= 0.3 is 0 Å². The van der Waals surface area contributed by atoms with Gasteiger partial charge in [0.2, 0.25) is 5.91 Å². The van der Waals surface area contributed by atoms with E-state index in [-0.39, 0.29) is 16.7 Å². The van der Waals surface area contributed by atoms with Crippen LogP contribution in [-0.2, 0) is 4.79 Å². The van der Waals surface area contributed by atoms with Crippen molar-refractivity contribution in [1.82, 2.24) is 5.48 Å². The maximum Gasteiger partial charge on any atom is 0.250 e. The Morgan fingerprint density at radius 1 is 1.33 bits per heavy atom. The van der Waals surface area contributed by atoms with Crippen LogP contribution in [0.1, 0.15) is 40.0 Å². The van der Waals surface area contributed by atoms with E-state index in [1.807, 2.05) is 20.8 Å². The first-order valence-electron chi connectivity index (χ1n) is 5.44. The van der Waals surface area contributed by atoms with Crippen LogP contribution < -0.4 is 5.48 Å². The first-order valence-corrected chi connectivity index (χ1v) is 5.44. The SMILES string of the molecule is CC1(C)[C@@]2(C(=O)NO)CC[C@@]1(C)[C@@H](O)C2. The molecule has 0 aromatic carbocycles. The lowest BCUT2D eigenvalue weighted by atomic mass is 9.64. The Kier molecular flexibility index (Phi) is 1.99. The second-order valence-corrected chi connectivity index (χ2v) is 5.79. The van der Waals surface area contributed by atoms with E-state index in [2.05, 4.69) is 0 Å². The van der Waals surface area contributed by atoms with Gasteiger partial charge < -0.3 is 5.11 Å². The van der Waals surface area contributed by atoms with E-state index in [1.54, 1.807) is 5.48 Å². The molecule has 3 atom stereocenters. The Hall–Kier alpha value is -0.610. The molecule has 15 heavy (non-hydrogen) atoms. The summed E-state index contributed by atoms with van der Waals surface area (Å²) in [5.41, 5.74) is 0.687. The summed E-state index contributed by atoms with van der Waals surface area (Å²) in [4.78, 5) is 11.8. The number of hydrogen-bond donors (Lipinski definition) is 3. The second-order valence-electron chi connectivity index (χ2n) is 5.79. The molecule has 3 N–H and O–H groups in total. The minimum absolute atomic E-state index is 0.209. The lowest BCUT2D eigenvalue weighted by molar-refractivity contribution is -0.145. The molecule has 2 aliphatic rings. The molecule has 0 aliphatic heterocycles. The summed E-state index contributed by atoms with van der Waals surface area (Å²) in [5.74, 6) is -0.340. The first-order chi connectivity index (χ1) is 6.82. The van der Waals surface area contributed by atoms with Gasteiger partial charge in [-0.15, -0.1) is 0 Å². The number of amides is 1. The first kappa shape index (κ1) is 10.9. The molecule has 2 aliphatic carbocycles. The van der Waals surface area contributed by atoms with Gasteiger partial charge in [0.25, 0.3) is 0 Å². The monoisotopic (exact) mass is 213 g/mol. The van der Waals surface area contributed by atoms with Crippen molar-refractivity contribution in [1.29, 1.82) is 0 Å². The molecule has 0 aromatic heterocycles. The maximum atomic E-state index is 11.8. The number of rotatable bonds is 1. The number of carbonyl (C=O) groups excluding carboxylic acids is 1. The summed E-state index contributed by atoms with van der Waals surface area (Å²) in [7, 11) is 0. The molecule has 0 unspecified atom stereocenters. The van der Waals surface area contributed by atoms with Gasteiger partial charge in [0.1, 0.15) is 0 Å². The van der Waals surface area contributed by atoms with Crippen LogP contribution in [0.4, 0.5) is 0 Å². The maximum absolute atomic E-state index is 11.8. The number of hydrogen-bond acceptors (Lipinski definition) is 3. The van der Waals surface area contributed by atoms with E-state index in [0.717, 1.165) is 12.8 Å². The molecule has 2 bridgehead atoms. The van der Waals surface area contributed by atoms with Crippen molar-refractivity contribution in [2.24, 2.45) is 16.2 Å². The highest BCUT2D eigenvalue weighted by atomic mass is 16.5. The molecule has 2 rings (SSSR count). The third kappa shape index (κ3) is 0.923. The van der Waals surface area contributed by atoms with Crippen molar-refractivity contribution in [3.05, 3.63) is 0 Å². The van der Waals surface area contributed by atoms with Gasteiger partial charge in [-0.25, -0.2) is 5.48 Å². The molecule has 2 saturated carbocycles. The Morgan fingerprint density at radius 2 is 1.93 bits per heavy atom. The van der Waals surface area contributed by atoms with Crippen molar-refractivity contribution in [3.8, 4) is 0 Å². The zero-order valence-electron chi connectivity index (χ0n) is 9.50. The van der Waals surface area contributed by atoms with E-state index in [1.165, 1.54) is 0 Å². The smallest absolute Gasteiger partial charge is 0.250 e.